The van der Waals surface area contributed by atoms with E-state index in [9.17, 15) is 9.59 Å². The summed E-state index contributed by atoms with van der Waals surface area (Å²) in [4.78, 5) is 46.8. The molecule has 0 saturated carbocycles. The fourth-order valence-corrected chi connectivity index (χ4v) is 3.79. The van der Waals surface area contributed by atoms with E-state index >= 15 is 0 Å². The number of amides is 2. The van der Waals surface area contributed by atoms with Crippen LogP contribution in [0.15, 0.2) is 73.4 Å². The number of methoxy groups -OCH3 is 1. The highest BCUT2D eigenvalue weighted by atomic mass is 16.5. The number of fused-ring (bicyclic) bond motifs is 1. The van der Waals surface area contributed by atoms with Gasteiger partial charge in [0.05, 0.1) is 30.7 Å². The first-order valence-corrected chi connectivity index (χ1v) is 12.2. The maximum absolute atomic E-state index is 12.7. The van der Waals surface area contributed by atoms with E-state index in [4.69, 9.17) is 19.4 Å². The number of rotatable bonds is 9. The zero-order valence-corrected chi connectivity index (χ0v) is 22.0. The van der Waals surface area contributed by atoms with E-state index in [-0.39, 0.29) is 18.4 Å². The number of nitrogens with one attached hydrogen (secondary N) is 3. The second-order valence-electron chi connectivity index (χ2n) is 8.86. The third-order valence-corrected chi connectivity index (χ3v) is 5.88. The van der Waals surface area contributed by atoms with Crippen LogP contribution in [0.3, 0.4) is 0 Å². The largest absolute Gasteiger partial charge is 0.493 e. The number of H-pyrrole nitrogens is 1. The molecule has 0 aliphatic rings. The zero-order chi connectivity index (χ0) is 28.1. The van der Waals surface area contributed by atoms with Crippen LogP contribution in [0.1, 0.15) is 10.4 Å². The Bertz CT molecular complexity index is 1660. The van der Waals surface area contributed by atoms with Crippen molar-refractivity contribution >= 4 is 40.0 Å². The summed E-state index contributed by atoms with van der Waals surface area (Å²) in [5.74, 6) is 1.80. The van der Waals surface area contributed by atoms with Crippen molar-refractivity contribution in [3.8, 4) is 22.9 Å². The summed E-state index contributed by atoms with van der Waals surface area (Å²) >= 11 is 0. The normalized spacial score (nSPS) is 10.7. The number of hydrogen-bond donors (Lipinski definition) is 3. The maximum Gasteiger partial charge on any atom is 0.259 e. The Labute approximate surface area is 229 Å². The lowest BCUT2D eigenvalue weighted by Gasteiger charge is -2.16. The Morgan fingerprint density at radius 1 is 1.00 bits per heavy atom. The van der Waals surface area contributed by atoms with Crippen molar-refractivity contribution in [2.75, 3.05) is 38.4 Å². The number of aromatic amines is 1. The van der Waals surface area contributed by atoms with E-state index < -0.39 is 0 Å². The molecule has 12 heteroatoms. The van der Waals surface area contributed by atoms with Gasteiger partial charge in [-0.25, -0.2) is 15.0 Å². The van der Waals surface area contributed by atoms with Crippen molar-refractivity contribution < 1.29 is 19.1 Å². The van der Waals surface area contributed by atoms with Gasteiger partial charge in [-0.1, -0.05) is 12.1 Å². The summed E-state index contributed by atoms with van der Waals surface area (Å²) in [5.41, 5.74) is 2.26. The Kier molecular flexibility index (Phi) is 7.49. The highest BCUT2D eigenvalue weighted by Crippen LogP contribution is 2.36. The van der Waals surface area contributed by atoms with Crippen molar-refractivity contribution in [1.29, 1.82) is 0 Å². The van der Waals surface area contributed by atoms with E-state index in [1.165, 1.54) is 18.2 Å². The molecular formula is C28H26N8O4. The summed E-state index contributed by atoms with van der Waals surface area (Å²) in [7, 11) is 4.83. The fourth-order valence-electron chi connectivity index (χ4n) is 3.79. The van der Waals surface area contributed by atoms with Crippen LogP contribution in [0, 0.1) is 0 Å². The van der Waals surface area contributed by atoms with Crippen molar-refractivity contribution in [2.24, 2.45) is 0 Å². The number of carbonyl (C=O) groups is 2. The van der Waals surface area contributed by atoms with Gasteiger partial charge in [-0.05, 0) is 30.3 Å². The Morgan fingerprint density at radius 3 is 2.60 bits per heavy atom. The first-order chi connectivity index (χ1) is 19.4. The van der Waals surface area contributed by atoms with Crippen LogP contribution < -0.4 is 20.1 Å². The highest BCUT2D eigenvalue weighted by molar-refractivity contribution is 6.04. The molecule has 3 N–H and O–H groups in total. The quantitative estimate of drug-likeness (QED) is 0.254. The van der Waals surface area contributed by atoms with Gasteiger partial charge in [0.2, 0.25) is 0 Å². The molecule has 12 nitrogen and oxygen atoms in total. The van der Waals surface area contributed by atoms with Gasteiger partial charge in [0.1, 0.15) is 11.6 Å². The van der Waals surface area contributed by atoms with Gasteiger partial charge < -0.3 is 30.0 Å². The molecular weight excluding hydrogens is 512 g/mol. The first-order valence-electron chi connectivity index (χ1n) is 12.2. The minimum atomic E-state index is -0.281. The van der Waals surface area contributed by atoms with Gasteiger partial charge in [-0.3, -0.25) is 14.6 Å². The molecule has 0 bridgehead atoms. The van der Waals surface area contributed by atoms with E-state index in [1.54, 1.807) is 69.2 Å². The molecule has 5 rings (SSSR count). The molecule has 0 radical (unpaired) electrons. The number of nitrogens with zero attached hydrogens (tertiary/aromatic N) is 5. The lowest BCUT2D eigenvalue weighted by Crippen LogP contribution is -2.27. The van der Waals surface area contributed by atoms with Crippen LogP contribution in [0.2, 0.25) is 0 Å². The average molecular weight is 539 g/mol. The molecule has 0 unspecified atom stereocenters. The van der Waals surface area contributed by atoms with Crippen LogP contribution in [0.5, 0.6) is 11.5 Å². The number of carbonyl (C=O) groups excluding carboxylic acids is 2. The summed E-state index contributed by atoms with van der Waals surface area (Å²) in [6, 6.07) is 14.1. The number of imidazole rings is 1. The monoisotopic (exact) mass is 538 g/mol. The predicted octanol–water partition coefficient (Wildman–Crippen LogP) is 3.89. The Hall–Kier alpha value is -5.52. The smallest absolute Gasteiger partial charge is 0.259 e. The van der Waals surface area contributed by atoms with Crippen molar-refractivity contribution in [3.63, 3.8) is 0 Å². The molecule has 2 amide bonds. The second kappa shape index (κ2) is 11.5. The standard InChI is InChI=1S/C28H26N8O4/c1-36(2)25(37)15-40-23-11-20-21(12-22(23)39-3)33-26(35-27(20)34-24-14-30-16-31-24)17-6-4-8-19(10-17)32-28(38)18-7-5-9-29-13-18/h4-14,16H,15H2,1-3H3,(H,30,31)(H,32,38)(H,33,34,35). The van der Waals surface area contributed by atoms with Crippen LogP contribution >= 0.6 is 0 Å². The fraction of sp³-hybridized carbons (Fsp3) is 0.143. The van der Waals surface area contributed by atoms with Gasteiger partial charge in [0, 0.05) is 49.2 Å². The molecule has 0 aliphatic heterocycles. The number of aromatic nitrogens is 5. The number of benzene rings is 2. The minimum Gasteiger partial charge on any atom is -0.493 e. The highest BCUT2D eigenvalue weighted by Gasteiger charge is 2.17. The Balaban J connectivity index is 1.54. The number of pyridine rings is 1. The van der Waals surface area contributed by atoms with Crippen LogP contribution in [-0.4, -0.2) is 69.4 Å². The van der Waals surface area contributed by atoms with Gasteiger partial charge in [-0.15, -0.1) is 0 Å². The predicted molar refractivity (Wildman–Crippen MR) is 150 cm³/mol. The molecule has 3 heterocycles. The number of hydrogen-bond acceptors (Lipinski definition) is 9. The molecule has 0 spiro atoms. The summed E-state index contributed by atoms with van der Waals surface area (Å²) in [6.07, 6.45) is 6.28. The van der Waals surface area contributed by atoms with E-state index in [0.717, 1.165) is 0 Å². The average Bonchev–Trinajstić information content (AvgIpc) is 3.49. The third-order valence-electron chi connectivity index (χ3n) is 5.88. The Morgan fingerprint density at radius 2 is 1.88 bits per heavy atom. The molecule has 40 heavy (non-hydrogen) atoms. The van der Waals surface area contributed by atoms with Crippen molar-refractivity contribution in [2.45, 2.75) is 0 Å². The van der Waals surface area contributed by atoms with Gasteiger partial charge in [0.15, 0.2) is 23.9 Å². The molecule has 5 aromatic rings. The maximum atomic E-state index is 12.7. The molecule has 0 saturated heterocycles. The number of likely N-dealkylation sites (N-methyl/N-ethyl adjacent to an activating group) is 1. The lowest BCUT2D eigenvalue weighted by atomic mass is 10.1. The van der Waals surface area contributed by atoms with Crippen LogP contribution in [0.4, 0.5) is 17.3 Å². The lowest BCUT2D eigenvalue weighted by molar-refractivity contribution is -0.130. The zero-order valence-electron chi connectivity index (χ0n) is 22.0. The summed E-state index contributed by atoms with van der Waals surface area (Å²) in [6.45, 7) is -0.158. The number of ether oxygens (including phenoxy) is 2. The van der Waals surface area contributed by atoms with Crippen LogP contribution in [-0.2, 0) is 4.79 Å². The SMILES string of the molecule is COc1cc2nc(-c3cccc(NC(=O)c4cccnc4)c3)nc(Nc3cnc[nH]3)c2cc1OCC(=O)N(C)C. The molecule has 0 atom stereocenters. The molecule has 0 aliphatic carbocycles. The van der Waals surface area contributed by atoms with Crippen LogP contribution in [0.25, 0.3) is 22.3 Å². The summed E-state index contributed by atoms with van der Waals surface area (Å²) in [5, 5.41) is 6.75. The first kappa shape index (κ1) is 26.1. The van der Waals surface area contributed by atoms with Gasteiger partial charge >= 0.3 is 0 Å². The van der Waals surface area contributed by atoms with Crippen molar-refractivity contribution in [1.82, 2.24) is 29.8 Å². The second-order valence-corrected chi connectivity index (χ2v) is 8.86. The molecule has 202 valence electrons. The van der Waals surface area contributed by atoms with Gasteiger partial charge in [0.25, 0.3) is 11.8 Å². The van der Waals surface area contributed by atoms with E-state index in [1.807, 2.05) is 12.1 Å². The minimum absolute atomic E-state index is 0.158. The number of anilines is 3. The van der Waals surface area contributed by atoms with E-state index in [2.05, 4.69) is 25.6 Å². The third kappa shape index (κ3) is 5.80. The molecule has 2 aromatic carbocycles. The van der Waals surface area contributed by atoms with Gasteiger partial charge in [-0.2, -0.15) is 0 Å². The van der Waals surface area contributed by atoms with E-state index in [0.29, 0.717) is 56.7 Å². The molecule has 3 aromatic heterocycles. The topological polar surface area (TPSA) is 147 Å². The van der Waals surface area contributed by atoms with Crippen molar-refractivity contribution in [3.05, 3.63) is 79.0 Å². The molecule has 0 fully saturated rings. The summed E-state index contributed by atoms with van der Waals surface area (Å²) < 4.78 is 11.3.